The molecule has 3 rings (SSSR count). The number of aromatic nitrogens is 4. The minimum atomic E-state index is -0.211. The Hall–Kier alpha value is -2.31. The molecule has 4 N–H and O–H groups in total. The van der Waals surface area contributed by atoms with Crippen LogP contribution in [-0.2, 0) is 0 Å². The standard InChI is InChI=1S/C12H12N6/c13-16-12(11-7-15-18-17-11)9-3-1-2-8-4-5-14-6-10(8)9/h1-7,12,16H,13H2,(H,15,17,18). The van der Waals surface area contributed by atoms with Gasteiger partial charge in [-0.05, 0) is 17.0 Å². The Morgan fingerprint density at radius 3 is 2.94 bits per heavy atom. The summed E-state index contributed by atoms with van der Waals surface area (Å²) in [7, 11) is 0. The zero-order chi connectivity index (χ0) is 12.4. The minimum absolute atomic E-state index is 0.211. The van der Waals surface area contributed by atoms with E-state index in [1.807, 2.05) is 30.5 Å². The van der Waals surface area contributed by atoms with E-state index >= 15 is 0 Å². The molecule has 1 atom stereocenters. The van der Waals surface area contributed by atoms with Crippen molar-refractivity contribution < 1.29 is 0 Å². The van der Waals surface area contributed by atoms with Crippen molar-refractivity contribution in [2.75, 3.05) is 0 Å². The van der Waals surface area contributed by atoms with Gasteiger partial charge in [-0.15, -0.1) is 0 Å². The number of nitrogens with two attached hydrogens (primary N) is 1. The fourth-order valence-corrected chi connectivity index (χ4v) is 2.07. The molecular formula is C12H12N6. The van der Waals surface area contributed by atoms with Gasteiger partial charge < -0.3 is 0 Å². The highest BCUT2D eigenvalue weighted by Crippen LogP contribution is 2.26. The highest BCUT2D eigenvalue weighted by atomic mass is 15.3. The van der Waals surface area contributed by atoms with Gasteiger partial charge in [-0.25, -0.2) is 5.43 Å². The van der Waals surface area contributed by atoms with Crippen molar-refractivity contribution >= 4 is 10.8 Å². The molecule has 0 amide bonds. The van der Waals surface area contributed by atoms with Gasteiger partial charge in [0.25, 0.3) is 0 Å². The fraction of sp³-hybridized carbons (Fsp3) is 0.0833. The van der Waals surface area contributed by atoms with Gasteiger partial charge in [0.05, 0.1) is 12.2 Å². The van der Waals surface area contributed by atoms with Gasteiger partial charge in [-0.1, -0.05) is 18.2 Å². The van der Waals surface area contributed by atoms with Gasteiger partial charge in [0.2, 0.25) is 0 Å². The number of rotatable bonds is 3. The van der Waals surface area contributed by atoms with Gasteiger partial charge >= 0.3 is 0 Å². The first kappa shape index (κ1) is 10.8. The molecule has 18 heavy (non-hydrogen) atoms. The summed E-state index contributed by atoms with van der Waals surface area (Å²) in [5.41, 5.74) is 4.53. The van der Waals surface area contributed by atoms with Crippen molar-refractivity contribution in [1.29, 1.82) is 0 Å². The van der Waals surface area contributed by atoms with Crippen LogP contribution in [0.15, 0.2) is 42.9 Å². The monoisotopic (exact) mass is 240 g/mol. The Balaban J connectivity index is 2.18. The first-order valence-electron chi connectivity index (χ1n) is 5.54. The van der Waals surface area contributed by atoms with Crippen LogP contribution in [-0.4, -0.2) is 20.4 Å². The summed E-state index contributed by atoms with van der Waals surface area (Å²) < 4.78 is 0. The Labute approximate surface area is 103 Å². The summed E-state index contributed by atoms with van der Waals surface area (Å²) in [5.74, 6) is 5.63. The van der Waals surface area contributed by atoms with E-state index in [9.17, 15) is 0 Å². The lowest BCUT2D eigenvalue weighted by atomic mass is 9.99. The van der Waals surface area contributed by atoms with Crippen LogP contribution < -0.4 is 11.3 Å². The summed E-state index contributed by atoms with van der Waals surface area (Å²) in [5, 5.41) is 12.6. The zero-order valence-electron chi connectivity index (χ0n) is 9.54. The molecule has 6 heteroatoms. The molecule has 0 saturated carbocycles. The maximum atomic E-state index is 5.63. The van der Waals surface area contributed by atoms with Crippen molar-refractivity contribution in [2.45, 2.75) is 6.04 Å². The fourth-order valence-electron chi connectivity index (χ4n) is 2.07. The minimum Gasteiger partial charge on any atom is -0.271 e. The molecule has 0 spiro atoms. The predicted molar refractivity (Wildman–Crippen MR) is 67.3 cm³/mol. The number of aromatic amines is 1. The van der Waals surface area contributed by atoms with Crippen molar-refractivity contribution in [3.63, 3.8) is 0 Å². The molecule has 90 valence electrons. The third kappa shape index (κ3) is 1.73. The number of benzene rings is 1. The smallest absolute Gasteiger partial charge is 0.105 e. The molecule has 0 aliphatic rings. The van der Waals surface area contributed by atoms with Gasteiger partial charge in [-0.3, -0.25) is 10.8 Å². The summed E-state index contributed by atoms with van der Waals surface area (Å²) in [6, 6.07) is 7.79. The van der Waals surface area contributed by atoms with E-state index in [0.29, 0.717) is 0 Å². The van der Waals surface area contributed by atoms with Crippen LogP contribution in [0.4, 0.5) is 0 Å². The Morgan fingerprint density at radius 1 is 1.22 bits per heavy atom. The third-order valence-corrected chi connectivity index (χ3v) is 2.92. The molecule has 0 radical (unpaired) electrons. The lowest BCUT2D eigenvalue weighted by molar-refractivity contribution is 0.622. The van der Waals surface area contributed by atoms with Crippen LogP contribution in [0.25, 0.3) is 10.8 Å². The van der Waals surface area contributed by atoms with Gasteiger partial charge in [0.15, 0.2) is 0 Å². The largest absolute Gasteiger partial charge is 0.271 e. The SMILES string of the molecule is NNC(c1cn[nH]n1)c1cccc2ccncc12. The molecule has 2 aromatic heterocycles. The number of H-pyrrole nitrogens is 1. The lowest BCUT2D eigenvalue weighted by Gasteiger charge is -2.15. The second kappa shape index (κ2) is 4.52. The molecule has 0 aliphatic carbocycles. The highest BCUT2D eigenvalue weighted by molar-refractivity contribution is 5.85. The molecule has 0 aliphatic heterocycles. The number of fused-ring (bicyclic) bond motifs is 1. The second-order valence-corrected chi connectivity index (χ2v) is 3.94. The Bertz CT molecular complexity index is 643. The van der Waals surface area contributed by atoms with Gasteiger partial charge in [-0.2, -0.15) is 15.4 Å². The second-order valence-electron chi connectivity index (χ2n) is 3.94. The molecule has 1 unspecified atom stereocenters. The maximum absolute atomic E-state index is 5.63. The average molecular weight is 240 g/mol. The van der Waals surface area contributed by atoms with Gasteiger partial charge in [0.1, 0.15) is 5.69 Å². The van der Waals surface area contributed by atoms with E-state index in [-0.39, 0.29) is 6.04 Å². The van der Waals surface area contributed by atoms with Crippen LogP contribution in [0.2, 0.25) is 0 Å². The van der Waals surface area contributed by atoms with Crippen LogP contribution in [0, 0.1) is 0 Å². The molecule has 0 fully saturated rings. The van der Waals surface area contributed by atoms with Gasteiger partial charge in [0, 0.05) is 17.8 Å². The molecule has 0 saturated heterocycles. The molecule has 0 bridgehead atoms. The summed E-state index contributed by atoms with van der Waals surface area (Å²) >= 11 is 0. The first-order chi connectivity index (χ1) is 8.90. The van der Waals surface area contributed by atoms with Crippen molar-refractivity contribution in [3.8, 4) is 0 Å². The maximum Gasteiger partial charge on any atom is 0.105 e. The van der Waals surface area contributed by atoms with Crippen molar-refractivity contribution in [3.05, 3.63) is 54.1 Å². The third-order valence-electron chi connectivity index (χ3n) is 2.92. The quantitative estimate of drug-likeness (QED) is 0.467. The summed E-state index contributed by atoms with van der Waals surface area (Å²) in [4.78, 5) is 4.16. The summed E-state index contributed by atoms with van der Waals surface area (Å²) in [6.45, 7) is 0. The summed E-state index contributed by atoms with van der Waals surface area (Å²) in [6.07, 6.45) is 5.25. The average Bonchev–Trinajstić information content (AvgIpc) is 2.94. The molecule has 3 aromatic rings. The number of nitrogens with one attached hydrogen (secondary N) is 2. The topological polar surface area (TPSA) is 92.5 Å². The number of hydrogen-bond acceptors (Lipinski definition) is 5. The number of hydrogen-bond donors (Lipinski definition) is 3. The molecule has 1 aromatic carbocycles. The van der Waals surface area contributed by atoms with E-state index in [1.165, 1.54) is 0 Å². The molecule has 6 nitrogen and oxygen atoms in total. The van der Waals surface area contributed by atoms with Crippen molar-refractivity contribution in [1.82, 2.24) is 25.8 Å². The van der Waals surface area contributed by atoms with Crippen LogP contribution in [0.3, 0.4) is 0 Å². The number of nitrogens with zero attached hydrogens (tertiary/aromatic N) is 3. The van der Waals surface area contributed by atoms with E-state index in [1.54, 1.807) is 12.4 Å². The van der Waals surface area contributed by atoms with Crippen LogP contribution in [0.5, 0.6) is 0 Å². The van der Waals surface area contributed by atoms with E-state index in [4.69, 9.17) is 5.84 Å². The van der Waals surface area contributed by atoms with E-state index < -0.39 is 0 Å². The molecule has 2 heterocycles. The Kier molecular flexibility index (Phi) is 2.71. The van der Waals surface area contributed by atoms with E-state index in [2.05, 4.69) is 25.8 Å². The van der Waals surface area contributed by atoms with E-state index in [0.717, 1.165) is 22.0 Å². The zero-order valence-corrected chi connectivity index (χ0v) is 9.54. The highest BCUT2D eigenvalue weighted by Gasteiger charge is 2.17. The van der Waals surface area contributed by atoms with Crippen LogP contribution >= 0.6 is 0 Å². The normalized spacial score (nSPS) is 12.7. The predicted octanol–water partition coefficient (Wildman–Crippen LogP) is 0.906. The lowest BCUT2D eigenvalue weighted by Crippen LogP contribution is -2.29. The van der Waals surface area contributed by atoms with Crippen molar-refractivity contribution in [2.24, 2.45) is 5.84 Å². The van der Waals surface area contributed by atoms with Crippen LogP contribution in [0.1, 0.15) is 17.3 Å². The first-order valence-corrected chi connectivity index (χ1v) is 5.54. The number of pyridine rings is 1. The number of hydrazine groups is 1. The molecular weight excluding hydrogens is 228 g/mol. The Morgan fingerprint density at radius 2 is 2.17 bits per heavy atom.